The van der Waals surface area contributed by atoms with Gasteiger partial charge in [-0.05, 0) is 49.4 Å². The van der Waals surface area contributed by atoms with Crippen LogP contribution in [0.15, 0.2) is 42.5 Å². The lowest BCUT2D eigenvalue weighted by Crippen LogP contribution is -2.19. The van der Waals surface area contributed by atoms with Crippen molar-refractivity contribution < 1.29 is 19.1 Å². The quantitative estimate of drug-likeness (QED) is 0.861. The second-order valence-corrected chi connectivity index (χ2v) is 6.64. The van der Waals surface area contributed by atoms with Crippen LogP contribution in [-0.2, 0) is 10.2 Å². The molecule has 0 spiro atoms. The minimum absolute atomic E-state index is 0.104. The fourth-order valence-electron chi connectivity index (χ4n) is 2.77. The molecule has 0 bridgehead atoms. The number of carbonyl (C=O) groups excluding carboxylic acids is 2. The number of anilines is 1. The first kappa shape index (κ1) is 17.0. The van der Waals surface area contributed by atoms with E-state index in [9.17, 15) is 9.59 Å². The van der Waals surface area contributed by atoms with E-state index in [-0.39, 0.29) is 17.3 Å². The Morgan fingerprint density at radius 1 is 1.12 bits per heavy atom. The molecule has 0 aliphatic carbocycles. The highest BCUT2D eigenvalue weighted by atomic mass is 16.5. The molecule has 0 saturated heterocycles. The van der Waals surface area contributed by atoms with Crippen molar-refractivity contribution in [2.75, 3.05) is 18.5 Å². The Hall–Kier alpha value is -2.82. The largest absolute Gasteiger partial charge is 0.492 e. The van der Waals surface area contributed by atoms with E-state index in [1.165, 1.54) is 0 Å². The third-order valence-electron chi connectivity index (χ3n) is 4.21. The van der Waals surface area contributed by atoms with E-state index in [0.29, 0.717) is 30.0 Å². The average Bonchev–Trinajstić information content (AvgIpc) is 2.90. The number of ether oxygens (including phenoxy) is 2. The van der Waals surface area contributed by atoms with Gasteiger partial charge in [0, 0.05) is 22.2 Å². The maximum Gasteiger partial charge on any atom is 0.338 e. The molecule has 0 radical (unpaired) electrons. The maximum absolute atomic E-state index is 12.5. The van der Waals surface area contributed by atoms with Crippen molar-refractivity contribution in [1.29, 1.82) is 0 Å². The summed E-state index contributed by atoms with van der Waals surface area (Å²) in [6, 6.07) is 12.1. The molecular weight excluding hydrogens is 318 g/mol. The zero-order valence-electron chi connectivity index (χ0n) is 14.6. The van der Waals surface area contributed by atoms with Crippen LogP contribution >= 0.6 is 0 Å². The summed E-state index contributed by atoms with van der Waals surface area (Å²) in [4.78, 5) is 24.2. The number of esters is 1. The minimum Gasteiger partial charge on any atom is -0.492 e. The zero-order valence-corrected chi connectivity index (χ0v) is 14.6. The molecule has 2 aromatic rings. The van der Waals surface area contributed by atoms with Gasteiger partial charge in [0.05, 0.1) is 18.8 Å². The van der Waals surface area contributed by atoms with Gasteiger partial charge in [-0.2, -0.15) is 0 Å². The van der Waals surface area contributed by atoms with Gasteiger partial charge in [0.2, 0.25) is 0 Å². The normalized spacial score (nSPS) is 14.4. The molecule has 2 aromatic carbocycles. The van der Waals surface area contributed by atoms with Gasteiger partial charge >= 0.3 is 5.97 Å². The van der Waals surface area contributed by atoms with Gasteiger partial charge in [-0.3, -0.25) is 4.79 Å². The van der Waals surface area contributed by atoms with Gasteiger partial charge in [0.1, 0.15) is 5.75 Å². The molecule has 1 amide bonds. The number of benzene rings is 2. The van der Waals surface area contributed by atoms with Gasteiger partial charge in [-0.15, -0.1) is 0 Å². The van der Waals surface area contributed by atoms with Crippen molar-refractivity contribution >= 4 is 17.6 Å². The number of amides is 1. The van der Waals surface area contributed by atoms with Gasteiger partial charge < -0.3 is 14.8 Å². The van der Waals surface area contributed by atoms with E-state index in [2.05, 4.69) is 19.2 Å². The summed E-state index contributed by atoms with van der Waals surface area (Å²) in [7, 11) is 0. The van der Waals surface area contributed by atoms with Crippen LogP contribution in [-0.4, -0.2) is 25.1 Å². The highest BCUT2D eigenvalue weighted by Gasteiger charge is 2.32. The predicted molar refractivity (Wildman–Crippen MR) is 95.3 cm³/mol. The summed E-state index contributed by atoms with van der Waals surface area (Å²) < 4.78 is 10.6. The van der Waals surface area contributed by atoms with Crippen LogP contribution in [0.1, 0.15) is 47.1 Å². The van der Waals surface area contributed by atoms with Crippen LogP contribution in [0.25, 0.3) is 0 Å². The molecule has 1 aliphatic heterocycles. The SMILES string of the molecule is CCOC(=O)c1ccc(NC(=O)c2ccc3c(c2)C(C)(C)CO3)cc1. The van der Waals surface area contributed by atoms with E-state index in [4.69, 9.17) is 9.47 Å². The van der Waals surface area contributed by atoms with Crippen LogP contribution in [0.5, 0.6) is 5.75 Å². The molecule has 0 saturated carbocycles. The summed E-state index contributed by atoms with van der Waals surface area (Å²) in [6.07, 6.45) is 0. The summed E-state index contributed by atoms with van der Waals surface area (Å²) in [5, 5.41) is 2.84. The van der Waals surface area contributed by atoms with Gasteiger partial charge in [-0.25, -0.2) is 4.79 Å². The van der Waals surface area contributed by atoms with E-state index in [1.807, 2.05) is 12.1 Å². The van der Waals surface area contributed by atoms with Crippen LogP contribution in [0.4, 0.5) is 5.69 Å². The second kappa shape index (κ2) is 6.59. The van der Waals surface area contributed by atoms with E-state index >= 15 is 0 Å². The molecule has 0 atom stereocenters. The molecule has 1 heterocycles. The van der Waals surface area contributed by atoms with Crippen LogP contribution < -0.4 is 10.1 Å². The van der Waals surface area contributed by atoms with Crippen LogP contribution in [0, 0.1) is 0 Å². The zero-order chi connectivity index (χ0) is 18.0. The molecule has 0 aromatic heterocycles. The number of carbonyl (C=O) groups is 2. The Morgan fingerprint density at radius 2 is 1.80 bits per heavy atom. The van der Waals surface area contributed by atoms with Crippen molar-refractivity contribution in [3.8, 4) is 5.75 Å². The van der Waals surface area contributed by atoms with Crippen molar-refractivity contribution in [1.82, 2.24) is 0 Å². The number of nitrogens with one attached hydrogen (secondary N) is 1. The topological polar surface area (TPSA) is 64.6 Å². The summed E-state index contributed by atoms with van der Waals surface area (Å²) >= 11 is 0. The van der Waals surface area contributed by atoms with Crippen molar-refractivity contribution in [2.45, 2.75) is 26.2 Å². The smallest absolute Gasteiger partial charge is 0.338 e. The predicted octanol–water partition coefficient (Wildman–Crippen LogP) is 3.79. The Morgan fingerprint density at radius 3 is 2.48 bits per heavy atom. The fourth-order valence-corrected chi connectivity index (χ4v) is 2.77. The Kier molecular flexibility index (Phi) is 4.49. The lowest BCUT2D eigenvalue weighted by atomic mass is 9.86. The van der Waals surface area contributed by atoms with Gasteiger partial charge in [0.15, 0.2) is 0 Å². The van der Waals surface area contributed by atoms with Crippen molar-refractivity contribution in [2.24, 2.45) is 0 Å². The standard InChI is InChI=1S/C20H21NO4/c1-4-24-19(23)13-5-8-15(9-6-13)21-18(22)14-7-10-17-16(11-14)20(2,3)12-25-17/h5-11H,4,12H2,1-3H3,(H,21,22). The third-order valence-corrected chi connectivity index (χ3v) is 4.21. The first-order chi connectivity index (χ1) is 11.9. The van der Waals surface area contributed by atoms with Crippen molar-refractivity contribution in [3.63, 3.8) is 0 Å². The summed E-state index contributed by atoms with van der Waals surface area (Å²) in [5.41, 5.74) is 2.59. The van der Waals surface area contributed by atoms with E-state index in [1.54, 1.807) is 37.3 Å². The average molecular weight is 339 g/mol. The number of fused-ring (bicyclic) bond motifs is 1. The van der Waals surface area contributed by atoms with E-state index < -0.39 is 0 Å². The number of rotatable bonds is 4. The molecule has 1 aliphatic rings. The molecule has 25 heavy (non-hydrogen) atoms. The summed E-state index contributed by atoms with van der Waals surface area (Å²) in [6.45, 7) is 6.89. The first-order valence-electron chi connectivity index (χ1n) is 8.26. The van der Waals surface area contributed by atoms with Gasteiger partial charge in [-0.1, -0.05) is 13.8 Å². The van der Waals surface area contributed by atoms with Gasteiger partial charge in [0.25, 0.3) is 5.91 Å². The Labute approximate surface area is 147 Å². The maximum atomic E-state index is 12.5. The lowest BCUT2D eigenvalue weighted by Gasteiger charge is -2.15. The molecule has 0 fully saturated rings. The Bertz CT molecular complexity index is 809. The lowest BCUT2D eigenvalue weighted by molar-refractivity contribution is 0.0526. The number of hydrogen-bond acceptors (Lipinski definition) is 4. The molecule has 3 rings (SSSR count). The van der Waals surface area contributed by atoms with E-state index in [0.717, 1.165) is 11.3 Å². The van der Waals surface area contributed by atoms with Crippen LogP contribution in [0.3, 0.4) is 0 Å². The molecule has 1 N–H and O–H groups in total. The summed E-state index contributed by atoms with van der Waals surface area (Å²) in [5.74, 6) is 0.260. The fraction of sp³-hybridized carbons (Fsp3) is 0.300. The monoisotopic (exact) mass is 339 g/mol. The molecular formula is C20H21NO4. The highest BCUT2D eigenvalue weighted by Crippen LogP contribution is 2.38. The van der Waals surface area contributed by atoms with Crippen molar-refractivity contribution in [3.05, 3.63) is 59.2 Å². The first-order valence-corrected chi connectivity index (χ1v) is 8.26. The molecule has 0 unspecified atom stereocenters. The van der Waals surface area contributed by atoms with Crippen LogP contribution in [0.2, 0.25) is 0 Å². The molecule has 130 valence electrons. The third kappa shape index (κ3) is 3.50. The number of hydrogen-bond donors (Lipinski definition) is 1. The molecule has 5 heteroatoms. The minimum atomic E-state index is -0.374. The molecule has 5 nitrogen and oxygen atoms in total. The highest BCUT2D eigenvalue weighted by molar-refractivity contribution is 6.04. The second-order valence-electron chi connectivity index (χ2n) is 6.64. The Balaban J connectivity index is 1.74.